The standard InChI is InChI=1S/C23H26ClN3O3S/c1-6-20(18-11-15(25-14(3)28)7-10-21(18)30-5)26-23-27-22(13(2)31-23)17-9-8-16(29-4)12-19(17)24/h7-12,20H,6H2,1-5H3,(H,25,28)(H,26,27). The largest absolute Gasteiger partial charge is 0.497 e. The van der Waals surface area contributed by atoms with Crippen LogP contribution in [0.25, 0.3) is 11.3 Å². The first-order valence-electron chi connectivity index (χ1n) is 9.89. The van der Waals surface area contributed by atoms with E-state index < -0.39 is 0 Å². The van der Waals surface area contributed by atoms with E-state index in [2.05, 4.69) is 17.6 Å². The minimum atomic E-state index is -0.117. The minimum absolute atomic E-state index is 0.0478. The summed E-state index contributed by atoms with van der Waals surface area (Å²) in [5.41, 5.74) is 3.38. The summed E-state index contributed by atoms with van der Waals surface area (Å²) < 4.78 is 10.8. The number of carbonyl (C=O) groups excluding carboxylic acids is 1. The summed E-state index contributed by atoms with van der Waals surface area (Å²) in [5, 5.41) is 7.73. The lowest BCUT2D eigenvalue weighted by Gasteiger charge is -2.20. The van der Waals surface area contributed by atoms with Gasteiger partial charge in [-0.1, -0.05) is 18.5 Å². The monoisotopic (exact) mass is 459 g/mol. The molecule has 0 saturated carbocycles. The average molecular weight is 460 g/mol. The van der Waals surface area contributed by atoms with Crippen molar-refractivity contribution < 1.29 is 14.3 Å². The van der Waals surface area contributed by atoms with Crippen LogP contribution >= 0.6 is 22.9 Å². The second kappa shape index (κ2) is 10.0. The maximum atomic E-state index is 11.5. The number of aryl methyl sites for hydroxylation is 1. The molecule has 164 valence electrons. The molecule has 0 saturated heterocycles. The first kappa shape index (κ1) is 22.9. The second-order valence-corrected chi connectivity index (χ2v) is 8.62. The molecule has 0 spiro atoms. The molecule has 1 atom stereocenters. The number of methoxy groups -OCH3 is 2. The topological polar surface area (TPSA) is 72.5 Å². The van der Waals surface area contributed by atoms with Crippen LogP contribution in [0.5, 0.6) is 11.5 Å². The molecule has 1 unspecified atom stereocenters. The fourth-order valence-corrected chi connectivity index (χ4v) is 4.50. The van der Waals surface area contributed by atoms with E-state index in [9.17, 15) is 4.79 Å². The zero-order valence-corrected chi connectivity index (χ0v) is 19.8. The molecule has 0 aliphatic rings. The van der Waals surface area contributed by atoms with Crippen molar-refractivity contribution in [1.29, 1.82) is 0 Å². The lowest BCUT2D eigenvalue weighted by Crippen LogP contribution is -2.12. The van der Waals surface area contributed by atoms with Crippen molar-refractivity contribution in [2.24, 2.45) is 0 Å². The number of carbonyl (C=O) groups is 1. The Morgan fingerprint density at radius 1 is 1.19 bits per heavy atom. The highest BCUT2D eigenvalue weighted by molar-refractivity contribution is 7.16. The smallest absolute Gasteiger partial charge is 0.221 e. The third-order valence-electron chi connectivity index (χ3n) is 4.86. The Labute approximate surface area is 191 Å². The number of ether oxygens (including phenoxy) is 2. The molecule has 3 aromatic rings. The Balaban J connectivity index is 1.91. The van der Waals surface area contributed by atoms with Gasteiger partial charge in [-0.3, -0.25) is 4.79 Å². The first-order chi connectivity index (χ1) is 14.9. The van der Waals surface area contributed by atoms with Gasteiger partial charge < -0.3 is 20.1 Å². The second-order valence-electron chi connectivity index (χ2n) is 7.01. The number of benzene rings is 2. The van der Waals surface area contributed by atoms with Gasteiger partial charge >= 0.3 is 0 Å². The number of halogens is 1. The summed E-state index contributed by atoms with van der Waals surface area (Å²) in [5.74, 6) is 1.34. The van der Waals surface area contributed by atoms with Crippen molar-refractivity contribution in [3.63, 3.8) is 0 Å². The van der Waals surface area contributed by atoms with Crippen molar-refractivity contribution in [1.82, 2.24) is 4.98 Å². The molecule has 0 radical (unpaired) electrons. The van der Waals surface area contributed by atoms with Crippen molar-refractivity contribution in [2.75, 3.05) is 24.9 Å². The fourth-order valence-electron chi connectivity index (χ4n) is 3.36. The van der Waals surface area contributed by atoms with Gasteiger partial charge in [-0.2, -0.15) is 0 Å². The maximum Gasteiger partial charge on any atom is 0.221 e. The quantitative estimate of drug-likeness (QED) is 0.413. The van der Waals surface area contributed by atoms with Crippen LogP contribution in [0.2, 0.25) is 5.02 Å². The van der Waals surface area contributed by atoms with Gasteiger partial charge in [-0.05, 0) is 49.7 Å². The van der Waals surface area contributed by atoms with E-state index in [0.717, 1.165) is 44.7 Å². The SMILES string of the molecule is CCC(Nc1nc(-c2ccc(OC)cc2Cl)c(C)s1)c1cc(NC(C)=O)ccc1OC. The van der Waals surface area contributed by atoms with E-state index in [-0.39, 0.29) is 11.9 Å². The summed E-state index contributed by atoms with van der Waals surface area (Å²) in [6.45, 7) is 5.60. The normalized spacial score (nSPS) is 11.7. The number of rotatable bonds is 8. The Bertz CT molecular complexity index is 1080. The molecule has 1 heterocycles. The van der Waals surface area contributed by atoms with E-state index in [0.29, 0.717) is 10.8 Å². The molecule has 1 aromatic heterocycles. The van der Waals surface area contributed by atoms with Gasteiger partial charge in [0, 0.05) is 28.6 Å². The summed E-state index contributed by atoms with van der Waals surface area (Å²) in [7, 11) is 3.25. The summed E-state index contributed by atoms with van der Waals surface area (Å²) in [4.78, 5) is 17.3. The summed E-state index contributed by atoms with van der Waals surface area (Å²) in [6, 6.07) is 11.2. The Morgan fingerprint density at radius 2 is 1.97 bits per heavy atom. The van der Waals surface area contributed by atoms with Crippen LogP contribution in [0.15, 0.2) is 36.4 Å². The Kier molecular flexibility index (Phi) is 7.41. The lowest BCUT2D eigenvalue weighted by molar-refractivity contribution is -0.114. The van der Waals surface area contributed by atoms with Gasteiger partial charge in [0.05, 0.1) is 31.0 Å². The van der Waals surface area contributed by atoms with Crippen LogP contribution in [0.4, 0.5) is 10.8 Å². The van der Waals surface area contributed by atoms with Crippen molar-refractivity contribution in [3.8, 4) is 22.8 Å². The van der Waals surface area contributed by atoms with E-state index in [1.165, 1.54) is 6.92 Å². The van der Waals surface area contributed by atoms with Gasteiger partial charge in [-0.15, -0.1) is 11.3 Å². The highest BCUT2D eigenvalue weighted by Crippen LogP contribution is 2.38. The minimum Gasteiger partial charge on any atom is -0.497 e. The zero-order chi connectivity index (χ0) is 22.5. The van der Waals surface area contributed by atoms with Crippen LogP contribution in [0, 0.1) is 6.92 Å². The first-order valence-corrected chi connectivity index (χ1v) is 11.1. The zero-order valence-electron chi connectivity index (χ0n) is 18.2. The van der Waals surface area contributed by atoms with Crippen LogP contribution in [-0.2, 0) is 4.79 Å². The number of hydrogen-bond acceptors (Lipinski definition) is 6. The molecule has 6 nitrogen and oxygen atoms in total. The lowest BCUT2D eigenvalue weighted by atomic mass is 10.0. The third kappa shape index (κ3) is 5.29. The van der Waals surface area contributed by atoms with E-state index in [1.54, 1.807) is 31.6 Å². The molecular formula is C23H26ClN3O3S. The highest BCUT2D eigenvalue weighted by atomic mass is 35.5. The van der Waals surface area contributed by atoms with E-state index in [4.69, 9.17) is 26.1 Å². The molecule has 0 fully saturated rings. The highest BCUT2D eigenvalue weighted by Gasteiger charge is 2.19. The summed E-state index contributed by atoms with van der Waals surface area (Å²) >= 11 is 8.04. The van der Waals surface area contributed by atoms with Gasteiger partial charge in [0.15, 0.2) is 5.13 Å². The average Bonchev–Trinajstić information content (AvgIpc) is 3.11. The van der Waals surface area contributed by atoms with Crippen molar-refractivity contribution in [3.05, 3.63) is 51.9 Å². The maximum absolute atomic E-state index is 11.5. The predicted molar refractivity (Wildman–Crippen MR) is 128 cm³/mol. The van der Waals surface area contributed by atoms with Gasteiger partial charge in [-0.25, -0.2) is 4.98 Å². The predicted octanol–water partition coefficient (Wildman–Crippen LogP) is 6.31. The van der Waals surface area contributed by atoms with Crippen LogP contribution in [-0.4, -0.2) is 25.1 Å². The molecule has 0 bridgehead atoms. The number of nitrogens with zero attached hydrogens (tertiary/aromatic N) is 1. The third-order valence-corrected chi connectivity index (χ3v) is 6.07. The van der Waals surface area contributed by atoms with Crippen molar-refractivity contribution in [2.45, 2.75) is 33.2 Å². The summed E-state index contributed by atoms with van der Waals surface area (Å²) in [6.07, 6.45) is 0.803. The van der Waals surface area contributed by atoms with E-state index in [1.807, 2.05) is 37.3 Å². The number of nitrogens with one attached hydrogen (secondary N) is 2. The Hall–Kier alpha value is -2.77. The number of aromatic nitrogens is 1. The van der Waals surface area contributed by atoms with E-state index >= 15 is 0 Å². The van der Waals surface area contributed by atoms with Crippen LogP contribution in [0.3, 0.4) is 0 Å². The van der Waals surface area contributed by atoms with Crippen molar-refractivity contribution >= 4 is 39.7 Å². The molecule has 31 heavy (non-hydrogen) atoms. The van der Waals surface area contributed by atoms with Gasteiger partial charge in [0.2, 0.25) is 5.91 Å². The fraction of sp³-hybridized carbons (Fsp3) is 0.304. The molecule has 2 aromatic carbocycles. The molecular weight excluding hydrogens is 434 g/mol. The molecule has 0 aliphatic carbocycles. The number of anilines is 2. The van der Waals surface area contributed by atoms with Crippen LogP contribution in [0.1, 0.15) is 36.8 Å². The Morgan fingerprint density at radius 3 is 2.58 bits per heavy atom. The molecule has 1 amide bonds. The van der Waals surface area contributed by atoms with Crippen LogP contribution < -0.4 is 20.1 Å². The molecule has 3 rings (SSSR count). The molecule has 2 N–H and O–H groups in total. The molecule has 8 heteroatoms. The van der Waals surface area contributed by atoms with Gasteiger partial charge in [0.25, 0.3) is 0 Å². The van der Waals surface area contributed by atoms with Gasteiger partial charge in [0.1, 0.15) is 11.5 Å². The number of hydrogen-bond donors (Lipinski definition) is 2. The number of amides is 1. The number of thiazole rings is 1. The molecule has 0 aliphatic heterocycles.